The maximum absolute atomic E-state index is 11.4. The van der Waals surface area contributed by atoms with Crippen molar-refractivity contribution in [2.24, 2.45) is 4.99 Å². The number of methoxy groups -OCH3 is 1. The molecular weight excluding hydrogens is 328 g/mol. The minimum atomic E-state index is -2.81. The van der Waals surface area contributed by atoms with Crippen molar-refractivity contribution in [3.8, 4) is 5.75 Å². The van der Waals surface area contributed by atoms with E-state index in [2.05, 4.69) is 20.5 Å². The molecule has 1 aliphatic heterocycles. The van der Waals surface area contributed by atoms with E-state index in [9.17, 15) is 8.42 Å². The van der Waals surface area contributed by atoms with Crippen LogP contribution in [0.15, 0.2) is 29.3 Å². The van der Waals surface area contributed by atoms with Crippen molar-refractivity contribution in [3.05, 3.63) is 29.8 Å². The molecule has 1 saturated heterocycles. The van der Waals surface area contributed by atoms with Gasteiger partial charge < -0.3 is 15.4 Å². The Morgan fingerprint density at radius 2 is 1.88 bits per heavy atom. The number of nitrogens with zero attached hydrogens (tertiary/aromatic N) is 2. The van der Waals surface area contributed by atoms with E-state index < -0.39 is 9.84 Å². The third-order valence-corrected chi connectivity index (χ3v) is 5.61. The highest BCUT2D eigenvalue weighted by Gasteiger charge is 2.20. The van der Waals surface area contributed by atoms with E-state index in [-0.39, 0.29) is 11.5 Å². The lowest BCUT2D eigenvalue weighted by Gasteiger charge is -2.26. The summed E-state index contributed by atoms with van der Waals surface area (Å²) in [6, 6.07) is 7.87. The van der Waals surface area contributed by atoms with Gasteiger partial charge in [-0.1, -0.05) is 12.1 Å². The van der Waals surface area contributed by atoms with Gasteiger partial charge in [0.2, 0.25) is 0 Å². The Balaban J connectivity index is 1.68. The normalized spacial score (nSPS) is 18.2. The molecule has 0 aliphatic carbocycles. The number of hydrogen-bond donors (Lipinski definition) is 2. The van der Waals surface area contributed by atoms with Gasteiger partial charge in [-0.25, -0.2) is 8.42 Å². The van der Waals surface area contributed by atoms with E-state index in [0.717, 1.165) is 30.4 Å². The van der Waals surface area contributed by atoms with Crippen molar-refractivity contribution in [3.63, 3.8) is 0 Å². The number of guanidine groups is 1. The summed E-state index contributed by atoms with van der Waals surface area (Å²) in [4.78, 5) is 6.36. The van der Waals surface area contributed by atoms with Gasteiger partial charge in [-0.3, -0.25) is 9.89 Å². The lowest BCUT2D eigenvalue weighted by atomic mass is 10.2. The Morgan fingerprint density at radius 1 is 1.21 bits per heavy atom. The van der Waals surface area contributed by atoms with E-state index in [1.165, 1.54) is 0 Å². The quantitative estimate of drug-likeness (QED) is 0.557. The first-order valence-electron chi connectivity index (χ1n) is 8.02. The molecule has 2 N–H and O–H groups in total. The lowest BCUT2D eigenvalue weighted by Crippen LogP contribution is -2.45. The standard InChI is InChI=1S/C16H26N4O3S/c1-17-16(19-13-14-3-5-15(23-2)6-4-14)18-7-8-20-9-11-24(21,22)12-10-20/h3-6H,7-13H2,1-2H3,(H2,17,18,19). The van der Waals surface area contributed by atoms with Gasteiger partial charge in [0.05, 0.1) is 18.6 Å². The summed E-state index contributed by atoms with van der Waals surface area (Å²) in [7, 11) is 0.569. The van der Waals surface area contributed by atoms with Crippen molar-refractivity contribution in [1.29, 1.82) is 0 Å². The molecular formula is C16H26N4O3S. The number of nitrogens with one attached hydrogen (secondary N) is 2. The van der Waals surface area contributed by atoms with Crippen molar-refractivity contribution in [2.45, 2.75) is 6.54 Å². The SMILES string of the molecule is CN=C(NCCN1CCS(=O)(=O)CC1)NCc1ccc(OC)cc1. The molecule has 0 spiro atoms. The predicted octanol–water partition coefficient (Wildman–Crippen LogP) is 0.0906. The summed E-state index contributed by atoms with van der Waals surface area (Å²) in [6.07, 6.45) is 0. The fourth-order valence-electron chi connectivity index (χ4n) is 2.46. The molecule has 0 aromatic heterocycles. The Morgan fingerprint density at radius 3 is 2.46 bits per heavy atom. The van der Waals surface area contributed by atoms with Crippen LogP contribution in [0.2, 0.25) is 0 Å². The molecule has 0 amide bonds. The Bertz CT molecular complexity index is 630. The van der Waals surface area contributed by atoms with E-state index in [4.69, 9.17) is 4.74 Å². The van der Waals surface area contributed by atoms with Gasteiger partial charge in [0.25, 0.3) is 0 Å². The van der Waals surface area contributed by atoms with Gasteiger partial charge in [0, 0.05) is 39.8 Å². The second-order valence-corrected chi connectivity index (χ2v) is 8.00. The van der Waals surface area contributed by atoms with Crippen LogP contribution in [0, 0.1) is 0 Å². The smallest absolute Gasteiger partial charge is 0.191 e. The lowest BCUT2D eigenvalue weighted by molar-refractivity contribution is 0.299. The Hall–Kier alpha value is -1.80. The molecule has 0 atom stereocenters. The zero-order chi connectivity index (χ0) is 17.4. The molecule has 1 aliphatic rings. The fraction of sp³-hybridized carbons (Fsp3) is 0.562. The Labute approximate surface area is 144 Å². The van der Waals surface area contributed by atoms with Crippen molar-refractivity contribution in [1.82, 2.24) is 15.5 Å². The van der Waals surface area contributed by atoms with Crippen LogP contribution in [0.1, 0.15) is 5.56 Å². The van der Waals surface area contributed by atoms with Crippen LogP contribution in [0.3, 0.4) is 0 Å². The molecule has 1 aromatic carbocycles. The molecule has 1 aromatic rings. The third kappa shape index (κ3) is 6.01. The third-order valence-electron chi connectivity index (χ3n) is 4.00. The molecule has 2 rings (SSSR count). The summed E-state index contributed by atoms with van der Waals surface area (Å²) >= 11 is 0. The van der Waals surface area contributed by atoms with Gasteiger partial charge >= 0.3 is 0 Å². The van der Waals surface area contributed by atoms with Gasteiger partial charge in [-0.05, 0) is 17.7 Å². The molecule has 134 valence electrons. The van der Waals surface area contributed by atoms with Crippen LogP contribution in [0.5, 0.6) is 5.75 Å². The molecule has 7 nitrogen and oxygen atoms in total. The molecule has 1 fully saturated rings. The second kappa shape index (κ2) is 8.89. The minimum absolute atomic E-state index is 0.261. The van der Waals surface area contributed by atoms with Gasteiger partial charge in [0.15, 0.2) is 15.8 Å². The number of ether oxygens (including phenoxy) is 1. The number of aliphatic imine (C=N–C) groups is 1. The summed E-state index contributed by atoms with van der Waals surface area (Å²) in [6.45, 7) is 3.43. The maximum atomic E-state index is 11.4. The predicted molar refractivity (Wildman–Crippen MR) is 96.3 cm³/mol. The number of benzene rings is 1. The van der Waals surface area contributed by atoms with Crippen LogP contribution in [0.25, 0.3) is 0 Å². The molecule has 0 unspecified atom stereocenters. The molecule has 0 saturated carbocycles. The molecule has 1 heterocycles. The van der Waals surface area contributed by atoms with Crippen LogP contribution in [0.4, 0.5) is 0 Å². The monoisotopic (exact) mass is 354 g/mol. The topological polar surface area (TPSA) is 83.0 Å². The highest BCUT2D eigenvalue weighted by atomic mass is 32.2. The van der Waals surface area contributed by atoms with Crippen molar-refractivity contribution < 1.29 is 13.2 Å². The number of sulfone groups is 1. The van der Waals surface area contributed by atoms with Crippen LogP contribution >= 0.6 is 0 Å². The van der Waals surface area contributed by atoms with Gasteiger partial charge in [-0.15, -0.1) is 0 Å². The maximum Gasteiger partial charge on any atom is 0.191 e. The summed E-state index contributed by atoms with van der Waals surface area (Å²) in [5.74, 6) is 2.09. The minimum Gasteiger partial charge on any atom is -0.497 e. The van der Waals surface area contributed by atoms with Crippen molar-refractivity contribution >= 4 is 15.8 Å². The van der Waals surface area contributed by atoms with Crippen LogP contribution in [-0.4, -0.2) is 71.1 Å². The summed E-state index contributed by atoms with van der Waals surface area (Å²) in [5, 5.41) is 6.51. The van der Waals surface area contributed by atoms with Gasteiger partial charge in [0.1, 0.15) is 5.75 Å². The van der Waals surface area contributed by atoms with E-state index in [1.54, 1.807) is 14.2 Å². The average molecular weight is 354 g/mol. The molecule has 24 heavy (non-hydrogen) atoms. The summed E-state index contributed by atoms with van der Waals surface area (Å²) < 4.78 is 28.0. The molecule has 0 bridgehead atoms. The first-order valence-corrected chi connectivity index (χ1v) is 9.85. The van der Waals surface area contributed by atoms with Gasteiger partial charge in [-0.2, -0.15) is 0 Å². The zero-order valence-corrected chi connectivity index (χ0v) is 15.1. The van der Waals surface area contributed by atoms with Crippen molar-refractivity contribution in [2.75, 3.05) is 51.8 Å². The Kier molecular flexibility index (Phi) is 6.86. The van der Waals surface area contributed by atoms with Crippen LogP contribution < -0.4 is 15.4 Å². The zero-order valence-electron chi connectivity index (χ0n) is 14.3. The largest absolute Gasteiger partial charge is 0.497 e. The second-order valence-electron chi connectivity index (χ2n) is 5.69. The van der Waals surface area contributed by atoms with Crippen LogP contribution in [-0.2, 0) is 16.4 Å². The number of hydrogen-bond acceptors (Lipinski definition) is 5. The van der Waals surface area contributed by atoms with E-state index >= 15 is 0 Å². The fourth-order valence-corrected chi connectivity index (χ4v) is 3.73. The highest BCUT2D eigenvalue weighted by molar-refractivity contribution is 7.91. The average Bonchev–Trinajstić information content (AvgIpc) is 2.59. The molecule has 0 radical (unpaired) electrons. The first kappa shape index (κ1) is 18.5. The first-order chi connectivity index (χ1) is 11.5. The molecule has 8 heteroatoms. The highest BCUT2D eigenvalue weighted by Crippen LogP contribution is 2.10. The van der Waals surface area contributed by atoms with E-state index in [1.807, 2.05) is 24.3 Å². The van der Waals surface area contributed by atoms with E-state index in [0.29, 0.717) is 19.6 Å². The summed E-state index contributed by atoms with van der Waals surface area (Å²) in [5.41, 5.74) is 1.14. The number of rotatable bonds is 6.